The van der Waals surface area contributed by atoms with E-state index in [1.165, 1.54) is 16.8 Å². The van der Waals surface area contributed by atoms with Gasteiger partial charge < -0.3 is 10.6 Å². The molecule has 0 radical (unpaired) electrons. The van der Waals surface area contributed by atoms with Gasteiger partial charge in [-0.1, -0.05) is 36.4 Å². The molecule has 27 heavy (non-hydrogen) atoms. The van der Waals surface area contributed by atoms with E-state index in [2.05, 4.69) is 15.7 Å². The van der Waals surface area contributed by atoms with Gasteiger partial charge in [-0.15, -0.1) is 0 Å². The second-order valence-electron chi connectivity index (χ2n) is 5.68. The van der Waals surface area contributed by atoms with Crippen molar-refractivity contribution in [2.24, 2.45) is 0 Å². The Labute approximate surface area is 155 Å². The van der Waals surface area contributed by atoms with E-state index in [0.717, 1.165) is 0 Å². The number of aromatic nitrogens is 2. The van der Waals surface area contributed by atoms with Gasteiger partial charge in [0, 0.05) is 24.7 Å². The summed E-state index contributed by atoms with van der Waals surface area (Å²) in [5.41, 5.74) is 0.924. The van der Waals surface area contributed by atoms with Crippen molar-refractivity contribution >= 4 is 11.8 Å². The van der Waals surface area contributed by atoms with E-state index in [9.17, 15) is 14.4 Å². The lowest BCUT2D eigenvalue weighted by molar-refractivity contribution is 0.0924. The zero-order chi connectivity index (χ0) is 19.1. The van der Waals surface area contributed by atoms with Gasteiger partial charge in [-0.05, 0) is 30.3 Å². The molecule has 3 rings (SSSR count). The lowest BCUT2D eigenvalue weighted by Gasteiger charge is -2.08. The van der Waals surface area contributed by atoms with Crippen LogP contribution in [0, 0.1) is 0 Å². The van der Waals surface area contributed by atoms with Gasteiger partial charge in [-0.3, -0.25) is 14.4 Å². The minimum absolute atomic E-state index is 0.118. The number of nitrogens with zero attached hydrogens (tertiary/aromatic N) is 2. The van der Waals surface area contributed by atoms with Crippen LogP contribution in [0.3, 0.4) is 0 Å². The topological polar surface area (TPSA) is 93.1 Å². The largest absolute Gasteiger partial charge is 0.350 e. The Bertz CT molecular complexity index is 985. The number of amides is 2. The summed E-state index contributed by atoms with van der Waals surface area (Å²) in [5, 5.41) is 9.50. The number of nitrogens with one attached hydrogen (secondary N) is 2. The van der Waals surface area contributed by atoms with E-state index in [-0.39, 0.29) is 30.2 Å². The first-order valence-electron chi connectivity index (χ1n) is 8.42. The lowest BCUT2D eigenvalue weighted by atomic mass is 10.2. The van der Waals surface area contributed by atoms with Crippen LogP contribution in [0.25, 0.3) is 5.69 Å². The highest BCUT2D eigenvalue weighted by Gasteiger charge is 2.10. The zero-order valence-corrected chi connectivity index (χ0v) is 14.5. The highest BCUT2D eigenvalue weighted by Crippen LogP contribution is 2.02. The second-order valence-corrected chi connectivity index (χ2v) is 5.68. The number of hydrogen-bond acceptors (Lipinski definition) is 4. The Kier molecular flexibility index (Phi) is 5.73. The van der Waals surface area contributed by atoms with Crippen molar-refractivity contribution in [1.29, 1.82) is 0 Å². The second kappa shape index (κ2) is 8.57. The number of hydrogen-bond donors (Lipinski definition) is 2. The third kappa shape index (κ3) is 4.66. The van der Waals surface area contributed by atoms with Gasteiger partial charge in [-0.25, -0.2) is 0 Å². The third-order valence-electron chi connectivity index (χ3n) is 3.77. The van der Waals surface area contributed by atoms with E-state index < -0.39 is 5.91 Å². The molecule has 0 aliphatic heterocycles. The molecule has 0 saturated carbocycles. The summed E-state index contributed by atoms with van der Waals surface area (Å²) in [6, 6.07) is 20.4. The number of benzene rings is 2. The third-order valence-corrected chi connectivity index (χ3v) is 3.77. The van der Waals surface area contributed by atoms with Crippen LogP contribution >= 0.6 is 0 Å². The molecule has 0 unspecified atom stereocenters. The molecule has 136 valence electrons. The highest BCUT2D eigenvalue weighted by molar-refractivity contribution is 5.94. The number of rotatable bonds is 6. The molecule has 7 nitrogen and oxygen atoms in total. The SMILES string of the molecule is O=C(NCCNC(=O)c1ccc(=O)n(-c2ccccc2)n1)c1ccccc1. The van der Waals surface area contributed by atoms with Crippen molar-refractivity contribution in [2.45, 2.75) is 0 Å². The van der Waals surface area contributed by atoms with Crippen molar-refractivity contribution in [3.8, 4) is 5.69 Å². The molecule has 1 heterocycles. The van der Waals surface area contributed by atoms with Crippen LogP contribution in [0.15, 0.2) is 77.6 Å². The average molecular weight is 362 g/mol. The predicted octanol–water partition coefficient (Wildman–Crippen LogP) is 1.39. The van der Waals surface area contributed by atoms with Crippen molar-refractivity contribution in [1.82, 2.24) is 20.4 Å². The molecular formula is C20H18N4O3. The molecule has 0 saturated heterocycles. The minimum Gasteiger partial charge on any atom is -0.350 e. The first-order chi connectivity index (χ1) is 13.1. The highest BCUT2D eigenvalue weighted by atomic mass is 16.2. The maximum absolute atomic E-state index is 12.3. The summed E-state index contributed by atoms with van der Waals surface area (Å²) in [6.07, 6.45) is 0. The molecule has 0 bridgehead atoms. The molecule has 0 spiro atoms. The van der Waals surface area contributed by atoms with E-state index in [0.29, 0.717) is 11.3 Å². The minimum atomic E-state index is -0.423. The first-order valence-corrected chi connectivity index (χ1v) is 8.42. The van der Waals surface area contributed by atoms with Crippen LogP contribution in [-0.4, -0.2) is 34.7 Å². The molecule has 2 aromatic carbocycles. The molecule has 0 aliphatic carbocycles. The molecule has 3 aromatic rings. The van der Waals surface area contributed by atoms with Crippen LogP contribution in [0.5, 0.6) is 0 Å². The molecule has 2 N–H and O–H groups in total. The first kappa shape index (κ1) is 18.1. The summed E-state index contributed by atoms with van der Waals surface area (Å²) in [6.45, 7) is 0.515. The summed E-state index contributed by atoms with van der Waals surface area (Å²) < 4.78 is 1.17. The fourth-order valence-electron chi connectivity index (χ4n) is 2.42. The van der Waals surface area contributed by atoms with Crippen LogP contribution < -0.4 is 16.2 Å². The molecule has 1 aromatic heterocycles. The Morgan fingerprint density at radius 1 is 0.778 bits per heavy atom. The lowest BCUT2D eigenvalue weighted by Crippen LogP contribution is -2.35. The summed E-state index contributed by atoms with van der Waals surface area (Å²) in [5.74, 6) is -0.630. The maximum Gasteiger partial charge on any atom is 0.271 e. The van der Waals surface area contributed by atoms with Crippen LogP contribution in [0.2, 0.25) is 0 Å². The molecule has 0 aliphatic rings. The van der Waals surface area contributed by atoms with E-state index in [1.807, 2.05) is 12.1 Å². The van der Waals surface area contributed by atoms with Gasteiger partial charge in [0.1, 0.15) is 5.69 Å². The molecule has 0 fully saturated rings. The van der Waals surface area contributed by atoms with E-state index in [4.69, 9.17) is 0 Å². The van der Waals surface area contributed by atoms with Gasteiger partial charge in [0.2, 0.25) is 0 Å². The average Bonchev–Trinajstić information content (AvgIpc) is 2.72. The monoisotopic (exact) mass is 362 g/mol. The van der Waals surface area contributed by atoms with Crippen molar-refractivity contribution in [2.75, 3.05) is 13.1 Å². The number of carbonyl (C=O) groups excluding carboxylic acids is 2. The van der Waals surface area contributed by atoms with E-state index in [1.54, 1.807) is 48.5 Å². The quantitative estimate of drug-likeness (QED) is 0.648. The fourth-order valence-corrected chi connectivity index (χ4v) is 2.42. The normalized spacial score (nSPS) is 10.2. The van der Waals surface area contributed by atoms with Gasteiger partial charge in [0.25, 0.3) is 17.4 Å². The Morgan fingerprint density at radius 2 is 1.37 bits per heavy atom. The van der Waals surface area contributed by atoms with Crippen molar-refractivity contribution < 1.29 is 9.59 Å². The van der Waals surface area contributed by atoms with Crippen LogP contribution in [-0.2, 0) is 0 Å². The number of para-hydroxylation sites is 1. The van der Waals surface area contributed by atoms with Gasteiger partial charge >= 0.3 is 0 Å². The summed E-state index contributed by atoms with van der Waals surface area (Å²) in [4.78, 5) is 36.2. The zero-order valence-electron chi connectivity index (χ0n) is 14.5. The molecule has 2 amide bonds. The van der Waals surface area contributed by atoms with Gasteiger partial charge in [0.15, 0.2) is 0 Å². The predicted molar refractivity (Wildman–Crippen MR) is 101 cm³/mol. The van der Waals surface area contributed by atoms with Crippen LogP contribution in [0.4, 0.5) is 0 Å². The smallest absolute Gasteiger partial charge is 0.271 e. The van der Waals surface area contributed by atoms with Gasteiger partial charge in [0.05, 0.1) is 5.69 Å². The molecule has 0 atom stereocenters. The Balaban J connectivity index is 1.57. The van der Waals surface area contributed by atoms with Gasteiger partial charge in [-0.2, -0.15) is 9.78 Å². The fraction of sp³-hybridized carbons (Fsp3) is 0.100. The summed E-state index contributed by atoms with van der Waals surface area (Å²) in [7, 11) is 0. The molecular weight excluding hydrogens is 344 g/mol. The van der Waals surface area contributed by atoms with E-state index >= 15 is 0 Å². The standard InChI is InChI=1S/C20H18N4O3/c25-18-12-11-17(23-24(18)16-9-5-2-6-10-16)20(27)22-14-13-21-19(26)15-7-3-1-4-8-15/h1-12H,13-14H2,(H,21,26)(H,22,27). The Morgan fingerprint density at radius 3 is 2.04 bits per heavy atom. The van der Waals surface area contributed by atoms with Crippen molar-refractivity contribution in [3.63, 3.8) is 0 Å². The Hall–Kier alpha value is -3.74. The summed E-state index contributed by atoms with van der Waals surface area (Å²) >= 11 is 0. The van der Waals surface area contributed by atoms with Crippen LogP contribution in [0.1, 0.15) is 20.8 Å². The maximum atomic E-state index is 12.3. The number of carbonyl (C=O) groups is 2. The molecule has 7 heteroatoms. The van der Waals surface area contributed by atoms with Crippen molar-refractivity contribution in [3.05, 3.63) is 94.4 Å².